The Balaban J connectivity index is 1.73. The van der Waals surface area contributed by atoms with E-state index in [0.29, 0.717) is 12.2 Å². The van der Waals surface area contributed by atoms with Gasteiger partial charge in [-0.25, -0.2) is 4.68 Å². The van der Waals surface area contributed by atoms with E-state index in [-0.39, 0.29) is 17.3 Å². The number of carbonyl (C=O) groups is 1. The van der Waals surface area contributed by atoms with Gasteiger partial charge in [0, 0.05) is 43.4 Å². The minimum atomic E-state index is -0.215. The van der Waals surface area contributed by atoms with Gasteiger partial charge in [0.05, 0.1) is 17.3 Å². The number of ketones is 1. The summed E-state index contributed by atoms with van der Waals surface area (Å²) in [5, 5.41) is 8.55. The molecule has 1 N–H and O–H groups in total. The molecule has 0 saturated carbocycles. The van der Waals surface area contributed by atoms with Gasteiger partial charge >= 0.3 is 0 Å². The van der Waals surface area contributed by atoms with E-state index in [1.165, 1.54) is 0 Å². The fraction of sp³-hybridized carbons (Fsp3) is 0.333. The Morgan fingerprint density at radius 1 is 1.03 bits per heavy atom. The first-order valence-electron chi connectivity index (χ1n) is 11.2. The lowest BCUT2D eigenvalue weighted by Gasteiger charge is -2.40. The largest absolute Gasteiger partial charge is 0.378 e. The second-order valence-electron chi connectivity index (χ2n) is 9.89. The van der Waals surface area contributed by atoms with Gasteiger partial charge in [-0.1, -0.05) is 50.3 Å². The molecule has 0 saturated heterocycles. The summed E-state index contributed by atoms with van der Waals surface area (Å²) in [5.41, 5.74) is 6.20. The van der Waals surface area contributed by atoms with Crippen molar-refractivity contribution in [3.63, 3.8) is 0 Å². The average molecular weight is 427 g/mol. The van der Waals surface area contributed by atoms with Crippen molar-refractivity contribution >= 4 is 17.3 Å². The summed E-state index contributed by atoms with van der Waals surface area (Å²) in [5.74, 6) is 0.977. The fourth-order valence-electron chi connectivity index (χ4n) is 5.20. The molecule has 1 aliphatic carbocycles. The van der Waals surface area contributed by atoms with Gasteiger partial charge in [0.25, 0.3) is 0 Å². The molecular formula is C27H30N4O. The molecule has 5 rings (SSSR count). The van der Waals surface area contributed by atoms with Crippen LogP contribution in [-0.2, 0) is 4.79 Å². The van der Waals surface area contributed by atoms with Gasteiger partial charge in [0.2, 0.25) is 0 Å². The SMILES string of the molecule is Cc1nn(-c2ccccc2)c2c1[C@H](c1ccc(N(C)C)cc1)[C@H]1C(=O)CC(C)(C)C=C1N2. The van der Waals surface area contributed by atoms with Crippen LogP contribution in [0.5, 0.6) is 0 Å². The number of rotatable bonds is 3. The number of nitrogens with one attached hydrogen (secondary N) is 1. The van der Waals surface area contributed by atoms with Crippen LogP contribution in [0, 0.1) is 18.3 Å². The highest BCUT2D eigenvalue weighted by atomic mass is 16.1. The van der Waals surface area contributed by atoms with Gasteiger partial charge in [-0.3, -0.25) is 4.79 Å². The molecule has 0 bridgehead atoms. The molecule has 1 aromatic heterocycles. The molecule has 164 valence electrons. The smallest absolute Gasteiger partial charge is 0.143 e. The Labute approximate surface area is 189 Å². The minimum Gasteiger partial charge on any atom is -0.378 e. The first kappa shape index (κ1) is 20.6. The van der Waals surface area contributed by atoms with E-state index in [1.807, 2.05) is 43.9 Å². The highest BCUT2D eigenvalue weighted by Gasteiger charge is 2.46. The Morgan fingerprint density at radius 3 is 2.38 bits per heavy atom. The molecule has 2 heterocycles. The van der Waals surface area contributed by atoms with Gasteiger partial charge in [0.1, 0.15) is 11.6 Å². The van der Waals surface area contributed by atoms with E-state index < -0.39 is 0 Å². The summed E-state index contributed by atoms with van der Waals surface area (Å²) in [6.45, 7) is 6.31. The van der Waals surface area contributed by atoms with E-state index in [1.54, 1.807) is 0 Å². The summed E-state index contributed by atoms with van der Waals surface area (Å²) in [4.78, 5) is 15.6. The number of para-hydroxylation sites is 1. The number of allylic oxidation sites excluding steroid dienone is 2. The molecule has 2 aromatic carbocycles. The number of aromatic nitrogens is 2. The Bertz CT molecular complexity index is 1200. The van der Waals surface area contributed by atoms with E-state index in [2.05, 4.69) is 66.5 Å². The lowest BCUT2D eigenvalue weighted by molar-refractivity contribution is -0.124. The van der Waals surface area contributed by atoms with Crippen LogP contribution in [0.1, 0.15) is 43.0 Å². The molecule has 3 aromatic rings. The number of aryl methyl sites for hydroxylation is 1. The van der Waals surface area contributed by atoms with Crippen molar-refractivity contribution < 1.29 is 4.79 Å². The predicted octanol–water partition coefficient (Wildman–Crippen LogP) is 5.30. The minimum absolute atomic E-state index is 0.0604. The zero-order valence-corrected chi connectivity index (χ0v) is 19.4. The quantitative estimate of drug-likeness (QED) is 0.617. The van der Waals surface area contributed by atoms with Crippen LogP contribution in [0.25, 0.3) is 5.69 Å². The normalized spacial score (nSPS) is 21.3. The number of hydrogen-bond acceptors (Lipinski definition) is 4. The third kappa shape index (κ3) is 3.32. The first-order valence-corrected chi connectivity index (χ1v) is 11.2. The van der Waals surface area contributed by atoms with Crippen molar-refractivity contribution in [3.05, 3.63) is 83.2 Å². The summed E-state index contributed by atoms with van der Waals surface area (Å²) in [6, 6.07) is 18.8. The molecule has 1 aliphatic heterocycles. The molecule has 0 spiro atoms. The maximum absolute atomic E-state index is 13.5. The number of Topliss-reactive ketones (excluding diaryl/α,β-unsaturated/α-hetero) is 1. The highest BCUT2D eigenvalue weighted by molar-refractivity contribution is 5.90. The summed E-state index contributed by atoms with van der Waals surface area (Å²) < 4.78 is 1.98. The van der Waals surface area contributed by atoms with Gasteiger partial charge in [-0.2, -0.15) is 5.10 Å². The van der Waals surface area contributed by atoms with Crippen LogP contribution in [0.3, 0.4) is 0 Å². The number of benzene rings is 2. The third-order valence-electron chi connectivity index (χ3n) is 6.64. The average Bonchev–Trinajstić information content (AvgIpc) is 3.08. The molecule has 0 radical (unpaired) electrons. The van der Waals surface area contributed by atoms with Crippen LogP contribution < -0.4 is 10.2 Å². The molecular weight excluding hydrogens is 396 g/mol. The molecule has 2 aliphatic rings. The molecule has 32 heavy (non-hydrogen) atoms. The van der Waals surface area contributed by atoms with Crippen molar-refractivity contribution in [1.29, 1.82) is 0 Å². The van der Waals surface area contributed by atoms with Gasteiger partial charge < -0.3 is 10.2 Å². The predicted molar refractivity (Wildman–Crippen MR) is 130 cm³/mol. The van der Waals surface area contributed by atoms with E-state index in [4.69, 9.17) is 5.10 Å². The summed E-state index contributed by atoms with van der Waals surface area (Å²) >= 11 is 0. The van der Waals surface area contributed by atoms with Crippen LogP contribution in [0.4, 0.5) is 11.5 Å². The Hall–Kier alpha value is -3.34. The number of fused-ring (bicyclic) bond motifs is 2. The second kappa shape index (κ2) is 7.37. The van der Waals surface area contributed by atoms with Crippen LogP contribution in [-0.4, -0.2) is 29.7 Å². The highest BCUT2D eigenvalue weighted by Crippen LogP contribution is 2.50. The number of anilines is 2. The number of hydrogen-bond donors (Lipinski definition) is 1. The maximum atomic E-state index is 13.5. The van der Waals surface area contributed by atoms with E-state index >= 15 is 0 Å². The zero-order chi connectivity index (χ0) is 22.6. The standard InChI is InChI=1S/C27H30N4O/c1-17-23-24(18-11-13-19(14-12-18)30(4)5)25-21(15-27(2,3)16-22(25)32)28-26(23)31(29-17)20-9-7-6-8-10-20/h6-15,24-25,28H,16H2,1-5H3/t24-,25+/m0/s1. The lowest BCUT2D eigenvalue weighted by Crippen LogP contribution is -2.39. The van der Waals surface area contributed by atoms with Crippen molar-refractivity contribution in [3.8, 4) is 5.69 Å². The van der Waals surface area contributed by atoms with Crippen LogP contribution in [0.15, 0.2) is 66.4 Å². The van der Waals surface area contributed by atoms with E-state index in [0.717, 1.165) is 39.7 Å². The third-order valence-corrected chi connectivity index (χ3v) is 6.64. The first-order chi connectivity index (χ1) is 15.2. The van der Waals surface area contributed by atoms with E-state index in [9.17, 15) is 4.79 Å². The summed E-state index contributed by atoms with van der Waals surface area (Å²) in [6.07, 6.45) is 2.80. The summed E-state index contributed by atoms with van der Waals surface area (Å²) in [7, 11) is 4.08. The molecule has 0 unspecified atom stereocenters. The molecule has 0 amide bonds. The second-order valence-corrected chi connectivity index (χ2v) is 9.89. The van der Waals surface area contributed by atoms with Crippen molar-refractivity contribution in [2.24, 2.45) is 11.3 Å². The molecule has 5 nitrogen and oxygen atoms in total. The zero-order valence-electron chi connectivity index (χ0n) is 19.4. The van der Waals surface area contributed by atoms with Crippen LogP contribution >= 0.6 is 0 Å². The Morgan fingerprint density at radius 2 is 1.72 bits per heavy atom. The van der Waals surface area contributed by atoms with Crippen molar-refractivity contribution in [2.75, 3.05) is 24.3 Å². The topological polar surface area (TPSA) is 50.2 Å². The van der Waals surface area contributed by atoms with Crippen molar-refractivity contribution in [2.45, 2.75) is 33.1 Å². The number of nitrogens with zero attached hydrogens (tertiary/aromatic N) is 3. The number of carbonyl (C=O) groups excluding carboxylic acids is 1. The lowest BCUT2D eigenvalue weighted by atomic mass is 9.67. The van der Waals surface area contributed by atoms with Gasteiger partial charge in [0.15, 0.2) is 0 Å². The Kier molecular flexibility index (Phi) is 4.73. The van der Waals surface area contributed by atoms with Crippen molar-refractivity contribution in [1.82, 2.24) is 9.78 Å². The maximum Gasteiger partial charge on any atom is 0.143 e. The molecule has 2 atom stereocenters. The van der Waals surface area contributed by atoms with Crippen LogP contribution in [0.2, 0.25) is 0 Å². The molecule has 5 heteroatoms. The van der Waals surface area contributed by atoms with Gasteiger partial charge in [-0.15, -0.1) is 0 Å². The monoisotopic (exact) mass is 426 g/mol. The fourth-order valence-corrected chi connectivity index (χ4v) is 5.20. The molecule has 0 fully saturated rings. The van der Waals surface area contributed by atoms with Gasteiger partial charge in [-0.05, 0) is 42.2 Å².